The molecule has 1 heterocycles. The van der Waals surface area contributed by atoms with Crippen LogP contribution in [0.2, 0.25) is 0 Å². The molecule has 0 amide bonds. The van der Waals surface area contributed by atoms with E-state index in [1.807, 2.05) is 25.1 Å². The molecule has 68 valence electrons. The molecule has 1 N–H and O–H groups in total. The molecule has 13 heavy (non-hydrogen) atoms. The number of nitrogens with one attached hydrogen (secondary N) is 1. The van der Waals surface area contributed by atoms with Gasteiger partial charge in [0.15, 0.2) is 0 Å². The average Bonchev–Trinajstić information content (AvgIpc) is 2.19. The average molecular weight is 174 g/mol. The van der Waals surface area contributed by atoms with Crippen molar-refractivity contribution in [3.8, 4) is 12.3 Å². The van der Waals surface area contributed by atoms with Crippen LogP contribution in [0.15, 0.2) is 24.4 Å². The monoisotopic (exact) mass is 174 g/mol. The highest BCUT2D eigenvalue weighted by Gasteiger charge is 2.03. The zero-order chi connectivity index (χ0) is 9.52. The van der Waals surface area contributed by atoms with Gasteiger partial charge in [-0.25, -0.2) is 0 Å². The lowest BCUT2D eigenvalue weighted by atomic mass is 10.1. The Balaban J connectivity index is 2.53. The van der Waals surface area contributed by atoms with Gasteiger partial charge in [0.25, 0.3) is 0 Å². The Bertz CT molecular complexity index is 274. The number of aromatic nitrogens is 1. The van der Waals surface area contributed by atoms with Crippen molar-refractivity contribution in [1.82, 2.24) is 10.3 Å². The van der Waals surface area contributed by atoms with Crippen LogP contribution in [-0.4, -0.2) is 17.6 Å². The van der Waals surface area contributed by atoms with Crippen LogP contribution in [-0.2, 0) is 6.42 Å². The lowest BCUT2D eigenvalue weighted by Crippen LogP contribution is -2.29. The Morgan fingerprint density at radius 3 is 3.00 bits per heavy atom. The van der Waals surface area contributed by atoms with Crippen molar-refractivity contribution in [3.05, 3.63) is 30.1 Å². The molecule has 2 heteroatoms. The highest BCUT2D eigenvalue weighted by atomic mass is 14.9. The summed E-state index contributed by atoms with van der Waals surface area (Å²) in [6.45, 7) is 2.93. The molecule has 0 saturated heterocycles. The second-order valence-corrected chi connectivity index (χ2v) is 2.80. The number of hydrogen-bond acceptors (Lipinski definition) is 2. The molecular weight excluding hydrogens is 160 g/mol. The molecular formula is C11H14N2. The second kappa shape index (κ2) is 5.34. The summed E-state index contributed by atoms with van der Waals surface area (Å²) < 4.78 is 0. The number of pyridine rings is 1. The molecule has 0 bridgehead atoms. The minimum atomic E-state index is 0.0971. The van der Waals surface area contributed by atoms with Crippen LogP contribution >= 0.6 is 0 Å². The van der Waals surface area contributed by atoms with E-state index in [-0.39, 0.29) is 6.04 Å². The van der Waals surface area contributed by atoms with Crippen molar-refractivity contribution in [1.29, 1.82) is 0 Å². The van der Waals surface area contributed by atoms with E-state index in [9.17, 15) is 0 Å². The third-order valence-corrected chi connectivity index (χ3v) is 1.79. The van der Waals surface area contributed by atoms with Crippen LogP contribution in [0, 0.1) is 12.3 Å². The molecule has 1 unspecified atom stereocenters. The molecule has 0 aliphatic rings. The molecule has 0 aliphatic heterocycles. The molecule has 0 spiro atoms. The fourth-order valence-corrected chi connectivity index (χ4v) is 1.16. The van der Waals surface area contributed by atoms with Gasteiger partial charge in [-0.05, 0) is 18.7 Å². The summed E-state index contributed by atoms with van der Waals surface area (Å²) in [5, 5.41) is 3.20. The predicted octanol–water partition coefficient (Wildman–Crippen LogP) is 1.24. The lowest BCUT2D eigenvalue weighted by molar-refractivity contribution is 0.621. The lowest BCUT2D eigenvalue weighted by Gasteiger charge is -2.09. The zero-order valence-electron chi connectivity index (χ0n) is 7.83. The van der Waals surface area contributed by atoms with E-state index in [2.05, 4.69) is 16.2 Å². The third-order valence-electron chi connectivity index (χ3n) is 1.79. The predicted molar refractivity (Wildman–Crippen MR) is 54.2 cm³/mol. The minimum absolute atomic E-state index is 0.0971. The minimum Gasteiger partial charge on any atom is -0.304 e. The Morgan fingerprint density at radius 2 is 2.46 bits per heavy atom. The van der Waals surface area contributed by atoms with E-state index in [0.717, 1.165) is 18.7 Å². The molecule has 0 aliphatic carbocycles. The summed E-state index contributed by atoms with van der Waals surface area (Å²) >= 11 is 0. The van der Waals surface area contributed by atoms with Gasteiger partial charge in [0.2, 0.25) is 0 Å². The summed E-state index contributed by atoms with van der Waals surface area (Å²) in [7, 11) is 0. The van der Waals surface area contributed by atoms with Gasteiger partial charge in [-0.15, -0.1) is 6.42 Å². The standard InChI is InChI=1S/C11H14N2/c1-3-10(12-4-2)9-11-7-5-6-8-13-11/h1,5-8,10,12H,4,9H2,2H3. The van der Waals surface area contributed by atoms with E-state index in [1.165, 1.54) is 0 Å². The molecule has 0 aromatic carbocycles. The van der Waals surface area contributed by atoms with E-state index in [1.54, 1.807) is 6.20 Å². The number of nitrogens with zero attached hydrogens (tertiary/aromatic N) is 1. The smallest absolute Gasteiger partial charge is 0.0742 e. The summed E-state index contributed by atoms with van der Waals surface area (Å²) in [5.41, 5.74) is 1.03. The second-order valence-electron chi connectivity index (χ2n) is 2.80. The molecule has 0 radical (unpaired) electrons. The first-order valence-electron chi connectivity index (χ1n) is 4.46. The molecule has 1 aromatic rings. The van der Waals surface area contributed by atoms with Crippen LogP contribution in [0.5, 0.6) is 0 Å². The number of terminal acetylenes is 1. The van der Waals surface area contributed by atoms with Gasteiger partial charge in [-0.2, -0.15) is 0 Å². The van der Waals surface area contributed by atoms with Crippen LogP contribution in [0.1, 0.15) is 12.6 Å². The molecule has 0 saturated carbocycles. The van der Waals surface area contributed by atoms with Crippen molar-refractivity contribution in [2.75, 3.05) is 6.54 Å². The summed E-state index contributed by atoms with van der Waals surface area (Å²) in [6.07, 6.45) is 7.95. The van der Waals surface area contributed by atoms with Gasteiger partial charge in [0.05, 0.1) is 6.04 Å². The third kappa shape index (κ3) is 3.27. The Labute approximate surface area is 79.4 Å². The first kappa shape index (κ1) is 9.76. The topological polar surface area (TPSA) is 24.9 Å². The van der Waals surface area contributed by atoms with Crippen LogP contribution < -0.4 is 5.32 Å². The van der Waals surface area contributed by atoms with Gasteiger partial charge >= 0.3 is 0 Å². The Morgan fingerprint density at radius 1 is 1.62 bits per heavy atom. The van der Waals surface area contributed by atoms with Gasteiger partial charge in [0, 0.05) is 18.3 Å². The van der Waals surface area contributed by atoms with Crippen molar-refractivity contribution >= 4 is 0 Å². The Hall–Kier alpha value is -1.33. The fourth-order valence-electron chi connectivity index (χ4n) is 1.16. The summed E-state index contributed by atoms with van der Waals surface area (Å²) in [5.74, 6) is 2.70. The first-order valence-corrected chi connectivity index (χ1v) is 4.46. The fraction of sp³-hybridized carbons (Fsp3) is 0.364. The van der Waals surface area contributed by atoms with Crippen molar-refractivity contribution in [3.63, 3.8) is 0 Å². The van der Waals surface area contributed by atoms with Crippen molar-refractivity contribution in [2.24, 2.45) is 0 Å². The van der Waals surface area contributed by atoms with Gasteiger partial charge in [-0.3, -0.25) is 4.98 Å². The first-order chi connectivity index (χ1) is 6.36. The maximum atomic E-state index is 5.37. The van der Waals surface area contributed by atoms with E-state index >= 15 is 0 Å². The maximum absolute atomic E-state index is 5.37. The van der Waals surface area contributed by atoms with E-state index < -0.39 is 0 Å². The SMILES string of the molecule is C#CC(Cc1ccccn1)NCC. The number of rotatable bonds is 4. The highest BCUT2D eigenvalue weighted by Crippen LogP contribution is 1.98. The van der Waals surface area contributed by atoms with Crippen molar-refractivity contribution < 1.29 is 0 Å². The van der Waals surface area contributed by atoms with Gasteiger partial charge in [0.1, 0.15) is 0 Å². The summed E-state index contributed by atoms with van der Waals surface area (Å²) in [6, 6.07) is 5.96. The van der Waals surface area contributed by atoms with E-state index in [4.69, 9.17) is 6.42 Å². The quantitative estimate of drug-likeness (QED) is 0.695. The number of likely N-dealkylation sites (N-methyl/N-ethyl adjacent to an activating group) is 1. The molecule has 1 aromatic heterocycles. The molecule has 1 rings (SSSR count). The largest absolute Gasteiger partial charge is 0.304 e. The van der Waals surface area contributed by atoms with Crippen LogP contribution in [0.25, 0.3) is 0 Å². The van der Waals surface area contributed by atoms with Crippen molar-refractivity contribution in [2.45, 2.75) is 19.4 Å². The highest BCUT2D eigenvalue weighted by molar-refractivity contribution is 5.10. The Kier molecular flexibility index (Phi) is 4.01. The van der Waals surface area contributed by atoms with Gasteiger partial charge in [-0.1, -0.05) is 18.9 Å². The zero-order valence-corrected chi connectivity index (χ0v) is 7.83. The normalized spacial score (nSPS) is 12.0. The van der Waals surface area contributed by atoms with E-state index in [0.29, 0.717) is 0 Å². The van der Waals surface area contributed by atoms with Crippen LogP contribution in [0.4, 0.5) is 0 Å². The number of hydrogen-bond donors (Lipinski definition) is 1. The molecule has 0 fully saturated rings. The molecule has 2 nitrogen and oxygen atoms in total. The van der Waals surface area contributed by atoms with Crippen LogP contribution in [0.3, 0.4) is 0 Å². The summed E-state index contributed by atoms with van der Waals surface area (Å²) in [4.78, 5) is 4.21. The maximum Gasteiger partial charge on any atom is 0.0742 e. The van der Waals surface area contributed by atoms with Gasteiger partial charge < -0.3 is 5.32 Å². The molecule has 1 atom stereocenters.